The molecule has 6 heteroatoms. The van der Waals surface area contributed by atoms with E-state index in [4.69, 9.17) is 12.2 Å². The van der Waals surface area contributed by atoms with Gasteiger partial charge in [0.25, 0.3) is 0 Å². The van der Waals surface area contributed by atoms with Crippen molar-refractivity contribution in [1.82, 2.24) is 14.5 Å². The molecule has 1 aromatic heterocycles. The van der Waals surface area contributed by atoms with E-state index in [9.17, 15) is 4.79 Å². The van der Waals surface area contributed by atoms with Gasteiger partial charge in [-0.3, -0.25) is 4.79 Å². The summed E-state index contributed by atoms with van der Waals surface area (Å²) < 4.78 is 3.69. The number of benzene rings is 1. The van der Waals surface area contributed by atoms with Gasteiger partial charge in [0.05, 0.1) is 11.0 Å². The van der Waals surface area contributed by atoms with Crippen LogP contribution >= 0.6 is 34.8 Å². The van der Waals surface area contributed by atoms with Crippen molar-refractivity contribution in [2.75, 3.05) is 13.1 Å². The molecule has 1 aliphatic rings. The SMILES string of the molecule is CC(C(=O)N1CCCC1)n1c(=S)[nH]c2cc(I)ccc21. The fraction of sp³-hybridized carbons (Fsp3) is 0.429. The van der Waals surface area contributed by atoms with Crippen molar-refractivity contribution < 1.29 is 4.79 Å². The van der Waals surface area contributed by atoms with Crippen LogP contribution in [0.15, 0.2) is 18.2 Å². The lowest BCUT2D eigenvalue weighted by Gasteiger charge is -2.21. The number of nitrogens with one attached hydrogen (secondary N) is 1. The number of aromatic nitrogens is 2. The van der Waals surface area contributed by atoms with Gasteiger partial charge in [-0.25, -0.2) is 0 Å². The molecule has 1 aromatic carbocycles. The Kier molecular flexibility index (Phi) is 3.85. The number of rotatable bonds is 2. The molecule has 0 radical (unpaired) electrons. The average molecular weight is 401 g/mol. The van der Waals surface area contributed by atoms with Crippen LogP contribution in [0.3, 0.4) is 0 Å². The second kappa shape index (κ2) is 5.48. The number of halogens is 1. The summed E-state index contributed by atoms with van der Waals surface area (Å²) in [6, 6.07) is 5.86. The van der Waals surface area contributed by atoms with Gasteiger partial charge in [0, 0.05) is 16.7 Å². The van der Waals surface area contributed by atoms with Crippen molar-refractivity contribution >= 4 is 51.7 Å². The molecule has 1 unspecified atom stereocenters. The Morgan fingerprint density at radius 1 is 1.40 bits per heavy atom. The van der Waals surface area contributed by atoms with Crippen LogP contribution in [0.4, 0.5) is 0 Å². The van der Waals surface area contributed by atoms with E-state index >= 15 is 0 Å². The maximum atomic E-state index is 12.5. The topological polar surface area (TPSA) is 41.0 Å². The van der Waals surface area contributed by atoms with Crippen LogP contribution in [0.25, 0.3) is 11.0 Å². The van der Waals surface area contributed by atoms with Crippen LogP contribution in [-0.2, 0) is 4.79 Å². The third-order valence-electron chi connectivity index (χ3n) is 3.84. The van der Waals surface area contributed by atoms with Crippen molar-refractivity contribution in [1.29, 1.82) is 0 Å². The highest BCUT2D eigenvalue weighted by Crippen LogP contribution is 2.23. The molecule has 1 atom stereocenters. The van der Waals surface area contributed by atoms with E-state index in [1.807, 2.05) is 28.5 Å². The summed E-state index contributed by atoms with van der Waals surface area (Å²) in [6.07, 6.45) is 2.21. The summed E-state index contributed by atoms with van der Waals surface area (Å²) in [7, 11) is 0. The molecule has 4 nitrogen and oxygen atoms in total. The van der Waals surface area contributed by atoms with Crippen molar-refractivity contribution in [2.45, 2.75) is 25.8 Å². The van der Waals surface area contributed by atoms with Crippen LogP contribution in [0, 0.1) is 8.34 Å². The summed E-state index contributed by atoms with van der Waals surface area (Å²) in [5.74, 6) is 0.165. The summed E-state index contributed by atoms with van der Waals surface area (Å²) in [5.41, 5.74) is 1.98. The number of carbonyl (C=O) groups is 1. The number of imidazole rings is 1. The van der Waals surface area contributed by atoms with Crippen LogP contribution in [-0.4, -0.2) is 33.4 Å². The third-order valence-corrected chi connectivity index (χ3v) is 4.81. The first-order valence-corrected chi connectivity index (χ1v) is 8.25. The molecule has 0 spiro atoms. The first kappa shape index (κ1) is 14.1. The number of nitrogens with zero attached hydrogens (tertiary/aromatic N) is 2. The maximum Gasteiger partial charge on any atom is 0.245 e. The summed E-state index contributed by atoms with van der Waals surface area (Å²) >= 11 is 7.67. The lowest BCUT2D eigenvalue weighted by Crippen LogP contribution is -2.33. The normalized spacial score (nSPS) is 16.8. The van der Waals surface area contributed by atoms with E-state index in [-0.39, 0.29) is 11.9 Å². The lowest BCUT2D eigenvalue weighted by molar-refractivity contribution is -0.133. The molecule has 2 aromatic rings. The fourth-order valence-electron chi connectivity index (χ4n) is 2.80. The smallest absolute Gasteiger partial charge is 0.245 e. The Morgan fingerprint density at radius 3 is 2.80 bits per heavy atom. The number of carbonyl (C=O) groups excluding carboxylic acids is 1. The van der Waals surface area contributed by atoms with Crippen LogP contribution in [0.2, 0.25) is 0 Å². The molecule has 1 aliphatic heterocycles. The van der Waals surface area contributed by atoms with Crippen LogP contribution in [0.5, 0.6) is 0 Å². The van der Waals surface area contributed by atoms with E-state index < -0.39 is 0 Å². The van der Waals surface area contributed by atoms with Crippen LogP contribution < -0.4 is 0 Å². The van der Waals surface area contributed by atoms with Gasteiger partial charge in [0.2, 0.25) is 5.91 Å². The molecule has 1 saturated heterocycles. The van der Waals surface area contributed by atoms with E-state index in [0.717, 1.165) is 40.5 Å². The van der Waals surface area contributed by atoms with Gasteiger partial charge in [0.1, 0.15) is 6.04 Å². The quantitative estimate of drug-likeness (QED) is 0.619. The molecular formula is C14H16IN3OS. The Bertz CT molecular complexity index is 715. The predicted octanol–water partition coefficient (Wildman–Crippen LogP) is 3.49. The van der Waals surface area contributed by atoms with E-state index in [1.54, 1.807) is 0 Å². The molecule has 0 aliphatic carbocycles. The molecule has 0 bridgehead atoms. The second-order valence-corrected chi connectivity index (χ2v) is 6.80. The molecule has 20 heavy (non-hydrogen) atoms. The Morgan fingerprint density at radius 2 is 2.10 bits per heavy atom. The average Bonchev–Trinajstić information content (AvgIpc) is 3.03. The lowest BCUT2D eigenvalue weighted by atomic mass is 10.2. The van der Waals surface area contributed by atoms with Crippen molar-refractivity contribution in [3.63, 3.8) is 0 Å². The minimum atomic E-state index is -0.255. The zero-order chi connectivity index (χ0) is 14.3. The number of fused-ring (bicyclic) bond motifs is 1. The van der Waals surface area contributed by atoms with Crippen molar-refractivity contribution in [3.05, 3.63) is 26.5 Å². The first-order chi connectivity index (χ1) is 9.58. The predicted molar refractivity (Wildman–Crippen MR) is 90.4 cm³/mol. The van der Waals surface area contributed by atoms with Gasteiger partial charge in [-0.15, -0.1) is 0 Å². The third kappa shape index (κ3) is 2.39. The molecule has 1 fully saturated rings. The van der Waals surface area contributed by atoms with Crippen LogP contribution in [0.1, 0.15) is 25.8 Å². The zero-order valence-electron chi connectivity index (χ0n) is 11.2. The van der Waals surface area contributed by atoms with Gasteiger partial charge in [-0.05, 0) is 72.8 Å². The van der Waals surface area contributed by atoms with Gasteiger partial charge < -0.3 is 14.5 Å². The highest BCUT2D eigenvalue weighted by molar-refractivity contribution is 14.1. The highest BCUT2D eigenvalue weighted by atomic mass is 127. The molecule has 1 amide bonds. The maximum absolute atomic E-state index is 12.5. The van der Waals surface area contributed by atoms with E-state index in [1.165, 1.54) is 0 Å². The van der Waals surface area contributed by atoms with Gasteiger partial charge in [0.15, 0.2) is 4.77 Å². The van der Waals surface area contributed by atoms with E-state index in [2.05, 4.69) is 33.6 Å². The largest absolute Gasteiger partial charge is 0.341 e. The molecule has 106 valence electrons. The van der Waals surface area contributed by atoms with Gasteiger partial charge >= 0.3 is 0 Å². The summed E-state index contributed by atoms with van der Waals surface area (Å²) in [6.45, 7) is 3.68. The standard InChI is InChI=1S/C14H16IN3OS/c1-9(13(19)17-6-2-3-7-17)18-12-5-4-10(15)8-11(12)16-14(18)20/h4-5,8-9H,2-3,6-7H2,1H3,(H,16,20). The van der Waals surface area contributed by atoms with Crippen molar-refractivity contribution in [3.8, 4) is 0 Å². The minimum absolute atomic E-state index is 0.165. The summed E-state index contributed by atoms with van der Waals surface area (Å²) in [5, 5.41) is 0. The molecule has 0 saturated carbocycles. The molecular weight excluding hydrogens is 385 g/mol. The highest BCUT2D eigenvalue weighted by Gasteiger charge is 2.25. The Balaban J connectivity index is 2.02. The minimum Gasteiger partial charge on any atom is -0.341 e. The number of amides is 1. The Labute approximate surface area is 136 Å². The molecule has 3 rings (SSSR count). The van der Waals surface area contributed by atoms with Gasteiger partial charge in [-0.2, -0.15) is 0 Å². The molecule has 2 heterocycles. The first-order valence-electron chi connectivity index (χ1n) is 6.76. The van der Waals surface area contributed by atoms with Gasteiger partial charge in [-0.1, -0.05) is 0 Å². The number of likely N-dealkylation sites (tertiary alicyclic amines) is 1. The van der Waals surface area contributed by atoms with E-state index in [0.29, 0.717) is 4.77 Å². The number of hydrogen-bond donors (Lipinski definition) is 1. The Hall–Kier alpha value is -0.890. The van der Waals surface area contributed by atoms with Crippen molar-refractivity contribution in [2.24, 2.45) is 0 Å². The molecule has 1 N–H and O–H groups in total. The summed E-state index contributed by atoms with van der Waals surface area (Å²) in [4.78, 5) is 17.7. The fourth-order valence-corrected chi connectivity index (χ4v) is 3.66. The number of hydrogen-bond acceptors (Lipinski definition) is 2. The number of H-pyrrole nitrogens is 1. The number of aromatic amines is 1. The zero-order valence-corrected chi connectivity index (χ0v) is 14.2. The monoisotopic (exact) mass is 401 g/mol. The second-order valence-electron chi connectivity index (χ2n) is 5.17.